The molecule has 1 fully saturated rings. The number of aliphatic hydroxyl groups excluding tert-OH is 2. The van der Waals surface area contributed by atoms with Crippen molar-refractivity contribution in [2.75, 3.05) is 13.2 Å². The molecule has 3 aromatic rings. The highest BCUT2D eigenvalue weighted by Crippen LogP contribution is 2.52. The first-order valence-corrected chi connectivity index (χ1v) is 22.0. The minimum absolute atomic E-state index is 0.0293. The maximum Gasteiger partial charge on any atom is 0.440 e. The quantitative estimate of drug-likeness (QED) is 0.0271. The summed E-state index contributed by atoms with van der Waals surface area (Å²) in [5, 5.41) is 22.9. The Morgan fingerprint density at radius 2 is 1.02 bits per heavy atom. The number of benzene rings is 3. The minimum atomic E-state index is -4.95. The van der Waals surface area contributed by atoms with Crippen molar-refractivity contribution in [3.05, 3.63) is 108 Å². The minimum Gasteiger partial charge on any atom is -0.457 e. The number of ether oxygens (including phenoxy) is 5. The molecule has 14 nitrogen and oxygen atoms in total. The van der Waals surface area contributed by atoms with E-state index in [2.05, 4.69) is 6.92 Å². The number of unbranched alkanes of at least 4 members (excludes halogenated alkanes) is 11. The highest BCUT2D eigenvalue weighted by atomic mass is 31.2. The van der Waals surface area contributed by atoms with E-state index >= 15 is 0 Å². The lowest BCUT2D eigenvalue weighted by Crippen LogP contribution is -2.64. The molecule has 1 aliphatic rings. The lowest BCUT2D eigenvalue weighted by atomic mass is 9.97. The topological polar surface area (TPSA) is 190 Å². The first-order chi connectivity index (χ1) is 28.6. The number of carbonyl (C=O) groups is 4. The average molecular weight is 841 g/mol. The maximum absolute atomic E-state index is 14.0. The van der Waals surface area contributed by atoms with Crippen LogP contribution >= 0.6 is 7.60 Å². The molecule has 0 spiro atoms. The summed E-state index contributed by atoms with van der Waals surface area (Å²) in [6.45, 7) is 3.29. The molecule has 7 atom stereocenters. The molecule has 0 aromatic heterocycles. The second-order valence-electron chi connectivity index (χ2n) is 14.1. The molecule has 1 aliphatic heterocycles. The highest BCUT2D eigenvalue weighted by molar-refractivity contribution is 7.71. The van der Waals surface area contributed by atoms with Crippen LogP contribution in [0, 0.1) is 0 Å². The van der Waals surface area contributed by atoms with E-state index in [0.717, 1.165) is 32.1 Å². The predicted octanol–water partition coefficient (Wildman–Crippen LogP) is 8.78. The molecule has 1 saturated heterocycles. The molecule has 1 heterocycles. The van der Waals surface area contributed by atoms with Crippen LogP contribution in [0.25, 0.3) is 0 Å². The molecule has 15 heteroatoms. The third kappa shape index (κ3) is 15.0. The van der Waals surface area contributed by atoms with Crippen LogP contribution in [0.2, 0.25) is 0 Å². The van der Waals surface area contributed by atoms with Crippen LogP contribution in [0.5, 0.6) is 0 Å². The smallest absolute Gasteiger partial charge is 0.440 e. The van der Waals surface area contributed by atoms with Gasteiger partial charge < -0.3 is 38.4 Å². The number of esters is 3. The maximum atomic E-state index is 14.0. The van der Waals surface area contributed by atoms with Crippen molar-refractivity contribution in [2.24, 2.45) is 0 Å². The van der Waals surface area contributed by atoms with Crippen molar-refractivity contribution in [1.29, 1.82) is 0 Å². The van der Waals surface area contributed by atoms with E-state index < -0.39 is 68.2 Å². The molecule has 2 unspecified atom stereocenters. The Hall–Kier alpha value is -4.43. The summed E-state index contributed by atoms with van der Waals surface area (Å²) in [7, 11) is -4.95. The van der Waals surface area contributed by atoms with Gasteiger partial charge in [0.25, 0.3) is 0 Å². The summed E-state index contributed by atoms with van der Waals surface area (Å²) in [6, 6.07) is 23.0. The Morgan fingerprint density at radius 1 is 0.610 bits per heavy atom. The van der Waals surface area contributed by atoms with Gasteiger partial charge in [0.2, 0.25) is 0 Å². The molecule has 0 radical (unpaired) electrons. The van der Waals surface area contributed by atoms with Gasteiger partial charge in [0, 0.05) is 0 Å². The summed E-state index contributed by atoms with van der Waals surface area (Å²) in [5.74, 6) is -2.94. The Balaban J connectivity index is 1.54. The fourth-order valence-corrected chi connectivity index (χ4v) is 7.74. The van der Waals surface area contributed by atoms with Gasteiger partial charge in [-0.2, -0.15) is 0 Å². The number of rotatable bonds is 25. The molecule has 59 heavy (non-hydrogen) atoms. The van der Waals surface area contributed by atoms with Crippen molar-refractivity contribution in [3.8, 4) is 0 Å². The van der Waals surface area contributed by atoms with Gasteiger partial charge in [0.1, 0.15) is 0 Å². The number of hydrogen-bond donors (Lipinski definition) is 2. The summed E-state index contributed by atoms with van der Waals surface area (Å²) < 4.78 is 52.9. The highest BCUT2D eigenvalue weighted by Gasteiger charge is 2.56. The Bertz CT molecular complexity index is 1760. The van der Waals surface area contributed by atoms with Crippen molar-refractivity contribution in [3.63, 3.8) is 0 Å². The van der Waals surface area contributed by atoms with Crippen LogP contribution in [-0.2, 0) is 37.3 Å². The van der Waals surface area contributed by atoms with Gasteiger partial charge in [0.05, 0.1) is 29.9 Å². The van der Waals surface area contributed by atoms with Crippen LogP contribution in [0.15, 0.2) is 91.0 Å². The molecule has 0 aliphatic carbocycles. The van der Waals surface area contributed by atoms with E-state index in [9.17, 15) is 34.0 Å². The second-order valence-corrected chi connectivity index (χ2v) is 15.9. The molecule has 2 N–H and O–H groups in total. The molecule has 0 amide bonds. The Kier molecular flexibility index (Phi) is 20.2. The van der Waals surface area contributed by atoms with Crippen molar-refractivity contribution < 1.29 is 66.7 Å². The van der Waals surface area contributed by atoms with Crippen LogP contribution in [-0.4, -0.2) is 84.0 Å². The predicted molar refractivity (Wildman–Crippen MR) is 217 cm³/mol. The second kappa shape index (κ2) is 25.3. The first kappa shape index (κ1) is 47.3. The summed E-state index contributed by atoms with van der Waals surface area (Å²) in [5.41, 5.74) is -1.26. The van der Waals surface area contributed by atoms with Gasteiger partial charge in [-0.1, -0.05) is 132 Å². The Morgan fingerprint density at radius 3 is 1.46 bits per heavy atom. The molecular weight excluding hydrogens is 783 g/mol. The zero-order valence-electron chi connectivity index (χ0n) is 33.8. The van der Waals surface area contributed by atoms with Gasteiger partial charge >= 0.3 is 31.2 Å². The van der Waals surface area contributed by atoms with Crippen molar-refractivity contribution in [2.45, 2.75) is 128 Å². The number of carbonyl (C=O) groups excluding carboxylic acids is 4. The Labute approximate surface area is 346 Å². The van der Waals surface area contributed by atoms with Crippen LogP contribution < -0.4 is 0 Å². The van der Waals surface area contributed by atoms with E-state index in [1.807, 2.05) is 0 Å². The fraction of sp³-hybridized carbons (Fsp3) is 0.500. The summed E-state index contributed by atoms with van der Waals surface area (Å²) >= 11 is 0. The standard InChI is InChI=1S/C44H57O14P/c1-3-5-6-7-8-9-10-11-12-13-14-24-31-53-59(51,44(50)52-4-2)58-43(49)38-36(55-40(46)33-27-20-16-21-28-33)35(54-39(45)32-25-18-15-19-26-32)37(42(48)57-38)56-41(47)34-29-22-17-23-30-34/h15-23,25-30,35-38,42-43,48-49H,3-14,24,31H2,1-2H3/t35-,36-,37+,38-,42+,43?,59?/m0/s1. The largest absolute Gasteiger partial charge is 0.457 e. The number of aliphatic hydroxyl groups is 2. The van der Waals surface area contributed by atoms with Crippen LogP contribution in [0.4, 0.5) is 4.79 Å². The normalized spacial score (nSPS) is 20.4. The molecule has 3 aromatic carbocycles. The first-order valence-electron chi connectivity index (χ1n) is 20.5. The van der Waals surface area contributed by atoms with E-state index in [1.165, 1.54) is 81.8 Å². The van der Waals surface area contributed by atoms with E-state index in [-0.39, 0.29) is 29.9 Å². The van der Waals surface area contributed by atoms with E-state index in [4.69, 9.17) is 32.7 Å². The molecule has 322 valence electrons. The molecule has 4 rings (SSSR count). The third-order valence-electron chi connectivity index (χ3n) is 9.59. The van der Waals surface area contributed by atoms with Crippen LogP contribution in [0.3, 0.4) is 0 Å². The SMILES string of the molecule is CCCCCCCCCCCCCCOP(=O)(OC(O)[C@H]1O[C@@H](O)[C@H](OC(=O)c2ccccc2)[C@@H](OC(=O)c2ccccc2)[C@@H]1OC(=O)c1ccccc1)C(=O)OCC. The fourth-order valence-electron chi connectivity index (χ4n) is 6.43. The van der Waals surface area contributed by atoms with E-state index in [1.54, 1.807) is 54.6 Å². The third-order valence-corrected chi connectivity index (χ3v) is 11.2. The molecule has 0 saturated carbocycles. The van der Waals surface area contributed by atoms with Gasteiger partial charge in [-0.15, -0.1) is 0 Å². The molecule has 0 bridgehead atoms. The van der Waals surface area contributed by atoms with Gasteiger partial charge in [-0.3, -0.25) is 4.52 Å². The zero-order valence-corrected chi connectivity index (χ0v) is 34.7. The van der Waals surface area contributed by atoms with Crippen molar-refractivity contribution >= 4 is 31.2 Å². The van der Waals surface area contributed by atoms with Gasteiger partial charge in [-0.25, -0.2) is 23.7 Å². The number of hydrogen-bond acceptors (Lipinski definition) is 14. The van der Waals surface area contributed by atoms with Crippen molar-refractivity contribution in [1.82, 2.24) is 0 Å². The van der Waals surface area contributed by atoms with Crippen LogP contribution in [0.1, 0.15) is 122 Å². The monoisotopic (exact) mass is 840 g/mol. The average Bonchev–Trinajstić information content (AvgIpc) is 3.25. The van der Waals surface area contributed by atoms with E-state index in [0.29, 0.717) is 6.42 Å². The van der Waals surface area contributed by atoms with Gasteiger partial charge in [-0.05, 0) is 49.7 Å². The lowest BCUT2D eigenvalue weighted by Gasteiger charge is -2.44. The zero-order chi connectivity index (χ0) is 42.5. The summed E-state index contributed by atoms with van der Waals surface area (Å²) in [4.78, 5) is 53.5. The van der Waals surface area contributed by atoms with Gasteiger partial charge in [0.15, 0.2) is 37.0 Å². The lowest BCUT2D eigenvalue weighted by molar-refractivity contribution is -0.311. The summed E-state index contributed by atoms with van der Waals surface area (Å²) in [6.07, 6.45) is 0.532. The molecular formula is C44H57O14P.